The summed E-state index contributed by atoms with van der Waals surface area (Å²) in [6.45, 7) is 0.833. The molecule has 0 bridgehead atoms. The van der Waals surface area contributed by atoms with Gasteiger partial charge in [-0.05, 0) is 6.07 Å². The van der Waals surface area contributed by atoms with E-state index in [1.54, 1.807) is 6.26 Å². The summed E-state index contributed by atoms with van der Waals surface area (Å²) in [5, 5.41) is 1.16. The predicted octanol–water partition coefficient (Wildman–Crippen LogP) is 2.50. The number of hydrogen-bond acceptors (Lipinski definition) is 2. The van der Waals surface area contributed by atoms with Crippen LogP contribution in [0.25, 0.3) is 11.0 Å². The summed E-state index contributed by atoms with van der Waals surface area (Å²) in [6.07, 6.45) is 2.00. The van der Waals surface area contributed by atoms with Crippen molar-refractivity contribution in [1.82, 2.24) is 0 Å². The van der Waals surface area contributed by atoms with Gasteiger partial charge in [-0.3, -0.25) is 0 Å². The van der Waals surface area contributed by atoms with Crippen molar-refractivity contribution >= 4 is 11.0 Å². The predicted molar refractivity (Wildman–Crippen MR) is 44.9 cm³/mol. The summed E-state index contributed by atoms with van der Waals surface area (Å²) in [6, 6.07) is 8.12. The third-order valence-corrected chi connectivity index (χ3v) is 2.19. The first-order valence-corrected chi connectivity index (χ1v) is 4.03. The summed E-state index contributed by atoms with van der Waals surface area (Å²) >= 11 is 0. The molecule has 0 amide bonds. The number of ether oxygens (including phenoxy) is 1. The van der Waals surface area contributed by atoms with Crippen LogP contribution in [0.1, 0.15) is 11.7 Å². The second-order valence-corrected chi connectivity index (χ2v) is 3.01. The molecule has 2 heterocycles. The van der Waals surface area contributed by atoms with E-state index in [0.29, 0.717) is 0 Å². The maximum Gasteiger partial charge on any atom is 0.139 e. The van der Waals surface area contributed by atoms with Gasteiger partial charge in [0.25, 0.3) is 0 Å². The highest BCUT2D eigenvalue weighted by atomic mass is 16.6. The first kappa shape index (κ1) is 6.26. The molecule has 1 aromatic heterocycles. The lowest BCUT2D eigenvalue weighted by Crippen LogP contribution is -1.79. The van der Waals surface area contributed by atoms with Crippen LogP contribution in [0.15, 0.2) is 34.9 Å². The molecule has 0 N–H and O–H groups in total. The summed E-state index contributed by atoms with van der Waals surface area (Å²) in [4.78, 5) is 0. The zero-order chi connectivity index (χ0) is 7.97. The Kier molecular flexibility index (Phi) is 1.10. The zero-order valence-corrected chi connectivity index (χ0v) is 6.49. The van der Waals surface area contributed by atoms with Gasteiger partial charge < -0.3 is 9.15 Å². The SMILES string of the molecule is c1cc(C2CO2)c2occc2c1. The van der Waals surface area contributed by atoms with Gasteiger partial charge in [-0.1, -0.05) is 18.2 Å². The van der Waals surface area contributed by atoms with Gasteiger partial charge >= 0.3 is 0 Å². The van der Waals surface area contributed by atoms with Crippen LogP contribution in [0.4, 0.5) is 0 Å². The summed E-state index contributed by atoms with van der Waals surface area (Å²) < 4.78 is 10.6. The van der Waals surface area contributed by atoms with E-state index in [1.165, 1.54) is 5.56 Å². The van der Waals surface area contributed by atoms with Crippen LogP contribution in [0.5, 0.6) is 0 Å². The highest BCUT2D eigenvalue weighted by Crippen LogP contribution is 2.34. The molecule has 1 atom stereocenters. The third-order valence-electron chi connectivity index (χ3n) is 2.19. The average molecular weight is 160 g/mol. The van der Waals surface area contributed by atoms with E-state index < -0.39 is 0 Å². The Labute approximate surface area is 69.7 Å². The maximum atomic E-state index is 5.37. The first-order valence-electron chi connectivity index (χ1n) is 4.03. The Morgan fingerprint density at radius 2 is 2.17 bits per heavy atom. The molecule has 1 aromatic carbocycles. The monoisotopic (exact) mass is 160 g/mol. The maximum absolute atomic E-state index is 5.37. The van der Waals surface area contributed by atoms with Crippen LogP contribution in [0, 0.1) is 0 Å². The number of epoxide rings is 1. The number of furan rings is 1. The van der Waals surface area contributed by atoms with Crippen LogP contribution in [0.3, 0.4) is 0 Å². The minimum atomic E-state index is 0.278. The number of para-hydroxylation sites is 1. The van der Waals surface area contributed by atoms with E-state index in [9.17, 15) is 0 Å². The fraction of sp³-hybridized carbons (Fsp3) is 0.200. The van der Waals surface area contributed by atoms with Gasteiger partial charge in [0.05, 0.1) is 12.9 Å². The van der Waals surface area contributed by atoms with E-state index >= 15 is 0 Å². The molecule has 0 saturated carbocycles. The molecule has 3 rings (SSSR count). The van der Waals surface area contributed by atoms with E-state index in [4.69, 9.17) is 9.15 Å². The molecule has 1 saturated heterocycles. The van der Waals surface area contributed by atoms with E-state index in [0.717, 1.165) is 17.6 Å². The quantitative estimate of drug-likeness (QED) is 0.599. The molecule has 0 aliphatic carbocycles. The van der Waals surface area contributed by atoms with Gasteiger partial charge in [0.15, 0.2) is 0 Å². The third kappa shape index (κ3) is 0.786. The molecule has 0 spiro atoms. The second kappa shape index (κ2) is 2.11. The summed E-state index contributed by atoms with van der Waals surface area (Å²) in [5.74, 6) is 0. The highest BCUT2D eigenvalue weighted by molar-refractivity contribution is 5.80. The van der Waals surface area contributed by atoms with Crippen molar-refractivity contribution in [2.45, 2.75) is 6.10 Å². The normalized spacial score (nSPS) is 21.5. The van der Waals surface area contributed by atoms with Crippen molar-refractivity contribution in [3.05, 3.63) is 36.1 Å². The molecule has 1 fully saturated rings. The lowest BCUT2D eigenvalue weighted by molar-refractivity contribution is 0.414. The van der Waals surface area contributed by atoms with E-state index in [1.807, 2.05) is 18.2 Å². The number of hydrogen-bond donors (Lipinski definition) is 0. The Morgan fingerprint density at radius 3 is 3.00 bits per heavy atom. The fourth-order valence-corrected chi connectivity index (χ4v) is 1.50. The van der Waals surface area contributed by atoms with Crippen molar-refractivity contribution in [2.24, 2.45) is 0 Å². The highest BCUT2D eigenvalue weighted by Gasteiger charge is 2.27. The van der Waals surface area contributed by atoms with Gasteiger partial charge in [-0.25, -0.2) is 0 Å². The van der Waals surface area contributed by atoms with E-state index in [2.05, 4.69) is 6.07 Å². The first-order chi connectivity index (χ1) is 5.95. The summed E-state index contributed by atoms with van der Waals surface area (Å²) in [7, 11) is 0. The van der Waals surface area contributed by atoms with Crippen LogP contribution in [0.2, 0.25) is 0 Å². The van der Waals surface area contributed by atoms with Crippen molar-refractivity contribution in [3.8, 4) is 0 Å². The van der Waals surface area contributed by atoms with Crippen LogP contribution in [-0.4, -0.2) is 6.61 Å². The number of rotatable bonds is 1. The standard InChI is InChI=1S/C10H8O2/c1-2-7-4-5-11-10(7)8(3-1)9-6-12-9/h1-5,9H,6H2. The molecular formula is C10H8O2. The molecule has 60 valence electrons. The largest absolute Gasteiger partial charge is 0.464 e. The van der Waals surface area contributed by atoms with Crippen LogP contribution in [-0.2, 0) is 4.74 Å². The van der Waals surface area contributed by atoms with Crippen LogP contribution < -0.4 is 0 Å². The second-order valence-electron chi connectivity index (χ2n) is 3.01. The van der Waals surface area contributed by atoms with E-state index in [-0.39, 0.29) is 6.10 Å². The lowest BCUT2D eigenvalue weighted by atomic mass is 10.1. The molecule has 12 heavy (non-hydrogen) atoms. The Bertz CT molecular complexity index is 412. The average Bonchev–Trinajstić information content (AvgIpc) is 2.82. The molecule has 2 heteroatoms. The number of benzene rings is 1. The van der Waals surface area contributed by atoms with Gasteiger partial charge in [-0.2, -0.15) is 0 Å². The van der Waals surface area contributed by atoms with Crippen molar-refractivity contribution in [2.75, 3.05) is 6.61 Å². The van der Waals surface area contributed by atoms with Crippen molar-refractivity contribution in [3.63, 3.8) is 0 Å². The molecule has 1 aliphatic rings. The van der Waals surface area contributed by atoms with Crippen molar-refractivity contribution < 1.29 is 9.15 Å². The van der Waals surface area contributed by atoms with Gasteiger partial charge in [0.1, 0.15) is 11.7 Å². The topological polar surface area (TPSA) is 25.7 Å². The fourth-order valence-electron chi connectivity index (χ4n) is 1.50. The zero-order valence-electron chi connectivity index (χ0n) is 6.49. The van der Waals surface area contributed by atoms with Crippen LogP contribution >= 0.6 is 0 Å². The van der Waals surface area contributed by atoms with Crippen molar-refractivity contribution in [1.29, 1.82) is 0 Å². The molecular weight excluding hydrogens is 152 g/mol. The summed E-state index contributed by atoms with van der Waals surface area (Å²) in [5.41, 5.74) is 2.15. The molecule has 2 aromatic rings. The molecule has 0 radical (unpaired) electrons. The minimum Gasteiger partial charge on any atom is -0.464 e. The lowest BCUT2D eigenvalue weighted by Gasteiger charge is -1.95. The number of fused-ring (bicyclic) bond motifs is 1. The molecule has 1 aliphatic heterocycles. The van der Waals surface area contributed by atoms with Gasteiger partial charge in [-0.15, -0.1) is 0 Å². The smallest absolute Gasteiger partial charge is 0.139 e. The minimum absolute atomic E-state index is 0.278. The van der Waals surface area contributed by atoms with Gasteiger partial charge in [0.2, 0.25) is 0 Å². The molecule has 1 unspecified atom stereocenters. The Balaban J connectivity index is 2.32. The Morgan fingerprint density at radius 1 is 1.25 bits per heavy atom. The Hall–Kier alpha value is -1.28. The van der Waals surface area contributed by atoms with Gasteiger partial charge in [0, 0.05) is 10.9 Å². The molecule has 2 nitrogen and oxygen atoms in total.